The van der Waals surface area contributed by atoms with Crippen LogP contribution in [-0.2, 0) is 0 Å². The number of nitriles is 1. The third-order valence-corrected chi connectivity index (χ3v) is 3.47. The first-order chi connectivity index (χ1) is 12.7. The van der Waals surface area contributed by atoms with Crippen molar-refractivity contribution in [3.8, 4) is 23.6 Å². The number of nitrogens with zero attached hydrogens (tertiary/aromatic N) is 4. The molecule has 0 saturated carbocycles. The summed E-state index contributed by atoms with van der Waals surface area (Å²) in [6.45, 7) is 2.50. The van der Waals surface area contributed by atoms with Gasteiger partial charge < -0.3 is 9.47 Å². The summed E-state index contributed by atoms with van der Waals surface area (Å²) in [7, 11) is 0. The molecule has 0 amide bonds. The number of hydrogen-bond acceptors (Lipinski definition) is 6. The minimum Gasteiger partial charge on any atom is -0.492 e. The molecule has 0 bridgehead atoms. The van der Waals surface area contributed by atoms with E-state index in [1.165, 1.54) is 4.90 Å². The predicted molar refractivity (Wildman–Crippen MR) is 98.2 cm³/mol. The SMILES string of the molecule is Cc1cc(Oc2ccccc2)nc(N(C#N)CCOc2ccccc2)n1. The molecule has 130 valence electrons. The largest absolute Gasteiger partial charge is 0.492 e. The van der Waals surface area contributed by atoms with Gasteiger partial charge in [-0.3, -0.25) is 0 Å². The molecule has 0 aliphatic carbocycles. The van der Waals surface area contributed by atoms with Gasteiger partial charge in [-0.15, -0.1) is 0 Å². The third-order valence-electron chi connectivity index (χ3n) is 3.47. The predicted octanol–water partition coefficient (Wildman–Crippen LogP) is 3.94. The van der Waals surface area contributed by atoms with E-state index >= 15 is 0 Å². The van der Waals surface area contributed by atoms with Crippen LogP contribution in [0.15, 0.2) is 66.7 Å². The number of benzene rings is 2. The van der Waals surface area contributed by atoms with E-state index in [2.05, 4.69) is 16.2 Å². The average molecular weight is 346 g/mol. The van der Waals surface area contributed by atoms with Crippen LogP contribution in [0.1, 0.15) is 5.69 Å². The molecule has 3 rings (SSSR count). The minimum absolute atomic E-state index is 0.287. The topological polar surface area (TPSA) is 71.3 Å². The molecular formula is C20H18N4O2. The highest BCUT2D eigenvalue weighted by Crippen LogP contribution is 2.21. The van der Waals surface area contributed by atoms with E-state index in [0.717, 1.165) is 5.75 Å². The molecule has 1 aromatic heterocycles. The van der Waals surface area contributed by atoms with Crippen molar-refractivity contribution in [3.05, 3.63) is 72.4 Å². The van der Waals surface area contributed by atoms with Gasteiger partial charge >= 0.3 is 0 Å². The highest BCUT2D eigenvalue weighted by atomic mass is 16.5. The normalized spacial score (nSPS) is 10.0. The monoisotopic (exact) mass is 346 g/mol. The first-order valence-electron chi connectivity index (χ1n) is 8.18. The van der Waals surface area contributed by atoms with E-state index < -0.39 is 0 Å². The van der Waals surface area contributed by atoms with E-state index in [9.17, 15) is 5.26 Å². The highest BCUT2D eigenvalue weighted by molar-refractivity contribution is 5.40. The molecule has 0 atom stereocenters. The summed E-state index contributed by atoms with van der Waals surface area (Å²) >= 11 is 0. The van der Waals surface area contributed by atoms with Gasteiger partial charge in [0.25, 0.3) is 0 Å². The summed E-state index contributed by atoms with van der Waals surface area (Å²) in [5.41, 5.74) is 0.713. The lowest BCUT2D eigenvalue weighted by Gasteiger charge is -2.15. The summed E-state index contributed by atoms with van der Waals surface area (Å²) in [6.07, 6.45) is 2.10. The van der Waals surface area contributed by atoms with E-state index in [1.54, 1.807) is 6.07 Å². The third kappa shape index (κ3) is 4.71. The smallest absolute Gasteiger partial charge is 0.242 e. The van der Waals surface area contributed by atoms with Gasteiger partial charge in [-0.1, -0.05) is 36.4 Å². The molecule has 0 saturated heterocycles. The van der Waals surface area contributed by atoms with Crippen molar-refractivity contribution in [2.24, 2.45) is 0 Å². The molecule has 0 radical (unpaired) electrons. The van der Waals surface area contributed by atoms with Gasteiger partial charge in [-0.25, -0.2) is 9.88 Å². The minimum atomic E-state index is 0.287. The molecule has 0 aliphatic heterocycles. The van der Waals surface area contributed by atoms with E-state index in [0.29, 0.717) is 30.5 Å². The molecule has 6 heteroatoms. The fourth-order valence-corrected chi connectivity index (χ4v) is 2.27. The number of anilines is 1. The van der Waals surface area contributed by atoms with Crippen LogP contribution in [0.5, 0.6) is 17.4 Å². The second kappa shape index (κ2) is 8.49. The maximum Gasteiger partial charge on any atom is 0.242 e. The van der Waals surface area contributed by atoms with E-state index in [1.807, 2.05) is 67.6 Å². The first kappa shape index (κ1) is 17.2. The molecule has 26 heavy (non-hydrogen) atoms. The number of aromatic nitrogens is 2. The summed E-state index contributed by atoms with van der Waals surface area (Å²) in [4.78, 5) is 10.1. The lowest BCUT2D eigenvalue weighted by atomic mass is 10.3. The first-order valence-corrected chi connectivity index (χ1v) is 8.18. The van der Waals surface area contributed by atoms with Crippen LogP contribution in [0.4, 0.5) is 5.95 Å². The number of hydrogen-bond donors (Lipinski definition) is 0. The molecule has 3 aromatic rings. The Bertz CT molecular complexity index is 879. The fraction of sp³-hybridized carbons (Fsp3) is 0.150. The second-order valence-corrected chi connectivity index (χ2v) is 5.48. The zero-order chi connectivity index (χ0) is 18.2. The molecule has 0 fully saturated rings. The average Bonchev–Trinajstić information content (AvgIpc) is 2.66. The lowest BCUT2D eigenvalue weighted by Crippen LogP contribution is -2.25. The van der Waals surface area contributed by atoms with Crippen LogP contribution in [-0.4, -0.2) is 23.1 Å². The molecule has 0 spiro atoms. The Labute approximate surface area is 152 Å². The van der Waals surface area contributed by atoms with Gasteiger partial charge in [-0.05, 0) is 31.2 Å². The van der Waals surface area contributed by atoms with Gasteiger partial charge in [0.1, 0.15) is 18.1 Å². The standard InChI is InChI=1S/C20H18N4O2/c1-16-14-19(26-18-10-6-3-7-11-18)23-20(22-16)24(15-21)12-13-25-17-8-4-2-5-9-17/h2-11,14H,12-13H2,1H3. The Morgan fingerprint density at radius 3 is 2.27 bits per heavy atom. The van der Waals surface area contributed by atoms with Gasteiger partial charge in [0.2, 0.25) is 11.8 Å². The van der Waals surface area contributed by atoms with Gasteiger partial charge in [0.05, 0.1) is 6.54 Å². The number of ether oxygens (including phenoxy) is 2. The summed E-state index contributed by atoms with van der Waals surface area (Å²) < 4.78 is 11.4. The Morgan fingerprint density at radius 2 is 1.62 bits per heavy atom. The van der Waals surface area contributed by atoms with Crippen LogP contribution in [0, 0.1) is 18.4 Å². The van der Waals surface area contributed by atoms with Crippen molar-refractivity contribution >= 4 is 5.95 Å². The van der Waals surface area contributed by atoms with Crippen molar-refractivity contribution in [3.63, 3.8) is 0 Å². The Hall–Kier alpha value is -3.59. The summed E-state index contributed by atoms with van der Waals surface area (Å²) in [6, 6.07) is 20.5. The maximum atomic E-state index is 9.45. The van der Waals surface area contributed by atoms with Crippen molar-refractivity contribution < 1.29 is 9.47 Å². The van der Waals surface area contributed by atoms with Gasteiger partial charge in [-0.2, -0.15) is 10.2 Å². The second-order valence-electron chi connectivity index (χ2n) is 5.48. The Kier molecular flexibility index (Phi) is 5.63. The van der Waals surface area contributed by atoms with Crippen LogP contribution < -0.4 is 14.4 Å². The maximum absolute atomic E-state index is 9.45. The van der Waals surface area contributed by atoms with Crippen molar-refractivity contribution in [1.82, 2.24) is 9.97 Å². The zero-order valence-corrected chi connectivity index (χ0v) is 14.4. The molecule has 2 aromatic carbocycles. The number of aryl methyl sites for hydroxylation is 1. The Balaban J connectivity index is 1.68. The van der Waals surface area contributed by atoms with Crippen molar-refractivity contribution in [1.29, 1.82) is 5.26 Å². The molecule has 0 aliphatic rings. The Morgan fingerprint density at radius 1 is 0.962 bits per heavy atom. The van der Waals surface area contributed by atoms with Crippen LogP contribution >= 0.6 is 0 Å². The molecule has 6 nitrogen and oxygen atoms in total. The van der Waals surface area contributed by atoms with E-state index in [-0.39, 0.29) is 5.95 Å². The van der Waals surface area contributed by atoms with Gasteiger partial charge in [0, 0.05) is 11.8 Å². The fourth-order valence-electron chi connectivity index (χ4n) is 2.27. The number of rotatable bonds is 7. The molecule has 0 N–H and O–H groups in total. The van der Waals surface area contributed by atoms with Crippen LogP contribution in [0.25, 0.3) is 0 Å². The lowest BCUT2D eigenvalue weighted by molar-refractivity contribution is 0.327. The summed E-state index contributed by atoms with van der Waals surface area (Å²) in [5.74, 6) is 2.11. The molecular weight excluding hydrogens is 328 g/mol. The number of para-hydroxylation sites is 2. The molecule has 1 heterocycles. The van der Waals surface area contributed by atoms with E-state index in [4.69, 9.17) is 9.47 Å². The van der Waals surface area contributed by atoms with Crippen LogP contribution in [0.2, 0.25) is 0 Å². The molecule has 0 unspecified atom stereocenters. The van der Waals surface area contributed by atoms with Gasteiger partial charge in [0.15, 0.2) is 6.19 Å². The highest BCUT2D eigenvalue weighted by Gasteiger charge is 2.12. The van der Waals surface area contributed by atoms with Crippen LogP contribution in [0.3, 0.4) is 0 Å². The van der Waals surface area contributed by atoms with Crippen molar-refractivity contribution in [2.45, 2.75) is 6.92 Å². The van der Waals surface area contributed by atoms with Crippen molar-refractivity contribution in [2.75, 3.05) is 18.1 Å². The summed E-state index contributed by atoms with van der Waals surface area (Å²) in [5, 5.41) is 9.45. The quantitative estimate of drug-likeness (QED) is 0.476. The zero-order valence-electron chi connectivity index (χ0n) is 14.4.